The van der Waals surface area contributed by atoms with Gasteiger partial charge in [0.1, 0.15) is 17.9 Å². The highest BCUT2D eigenvalue weighted by Gasteiger charge is 2.31. The Morgan fingerprint density at radius 1 is 1.07 bits per heavy atom. The van der Waals surface area contributed by atoms with E-state index in [1.807, 2.05) is 0 Å². The van der Waals surface area contributed by atoms with Crippen LogP contribution in [0, 0.1) is 5.82 Å². The molecule has 0 aliphatic carbocycles. The molecular formula is C16H19FN2O7S. The summed E-state index contributed by atoms with van der Waals surface area (Å²) in [5.41, 5.74) is 0.414. The van der Waals surface area contributed by atoms with Gasteiger partial charge in [-0.1, -0.05) is 12.1 Å². The Bertz CT molecular complexity index is 699. The van der Waals surface area contributed by atoms with Gasteiger partial charge in [-0.25, -0.2) is 18.8 Å². The Labute approximate surface area is 159 Å². The van der Waals surface area contributed by atoms with Crippen LogP contribution >= 0.6 is 12.6 Å². The van der Waals surface area contributed by atoms with E-state index in [1.165, 1.54) is 12.1 Å². The maximum atomic E-state index is 13.0. The lowest BCUT2D eigenvalue weighted by molar-refractivity contribution is -0.141. The highest BCUT2D eigenvalue weighted by atomic mass is 32.1. The number of hydrogen-bond donors (Lipinski definition) is 5. The highest BCUT2D eigenvalue weighted by Crippen LogP contribution is 2.13. The summed E-state index contributed by atoms with van der Waals surface area (Å²) < 4.78 is 13.0. The van der Waals surface area contributed by atoms with Gasteiger partial charge in [0.25, 0.3) is 0 Å². The van der Waals surface area contributed by atoms with Crippen LogP contribution in [0.5, 0.6) is 0 Å². The van der Waals surface area contributed by atoms with Crippen LogP contribution < -0.4 is 5.32 Å². The van der Waals surface area contributed by atoms with E-state index in [-0.39, 0.29) is 18.7 Å². The summed E-state index contributed by atoms with van der Waals surface area (Å²) in [5, 5.41) is 29.2. The number of hydrogen-bond acceptors (Lipinski definition) is 5. The average molecular weight is 401 g/mol. The maximum Gasteiger partial charge on any atom is 0.327 e. The lowest BCUT2D eigenvalue weighted by atomic mass is 10.1. The Hall–Kier alpha value is -2.82. The fourth-order valence-corrected chi connectivity index (χ4v) is 2.53. The summed E-state index contributed by atoms with van der Waals surface area (Å²) in [6.07, 6.45) is -0.871. The molecule has 0 bridgehead atoms. The van der Waals surface area contributed by atoms with Crippen LogP contribution in [0.2, 0.25) is 0 Å². The minimum absolute atomic E-state index is 0.241. The fourth-order valence-electron chi connectivity index (χ4n) is 2.18. The number of carboxylic acid groups (broad SMARTS) is 3. The van der Waals surface area contributed by atoms with E-state index in [1.54, 1.807) is 0 Å². The largest absolute Gasteiger partial charge is 0.481 e. The van der Waals surface area contributed by atoms with E-state index >= 15 is 0 Å². The van der Waals surface area contributed by atoms with Crippen LogP contribution in [0.3, 0.4) is 0 Å². The summed E-state index contributed by atoms with van der Waals surface area (Å²) in [7, 11) is 0. The zero-order valence-corrected chi connectivity index (χ0v) is 14.9. The third kappa shape index (κ3) is 7.13. The quantitative estimate of drug-likeness (QED) is 0.368. The van der Waals surface area contributed by atoms with Gasteiger partial charge in [-0.05, 0) is 24.1 Å². The van der Waals surface area contributed by atoms with Gasteiger partial charge in [-0.3, -0.25) is 4.79 Å². The molecule has 0 unspecified atom stereocenters. The predicted molar refractivity (Wildman–Crippen MR) is 94.0 cm³/mol. The number of halogens is 1. The van der Waals surface area contributed by atoms with Crippen LogP contribution in [0.4, 0.5) is 9.18 Å². The number of thiol groups is 1. The molecule has 0 spiro atoms. The number of nitrogens with one attached hydrogen (secondary N) is 1. The second kappa shape index (κ2) is 10.4. The van der Waals surface area contributed by atoms with Crippen molar-refractivity contribution in [2.24, 2.45) is 0 Å². The summed E-state index contributed by atoms with van der Waals surface area (Å²) in [6, 6.07) is 1.06. The predicted octanol–water partition coefficient (Wildman–Crippen LogP) is 1.04. The molecule has 2 amide bonds. The molecule has 9 nitrogen and oxygen atoms in total. The number of urea groups is 1. The van der Waals surface area contributed by atoms with Crippen molar-refractivity contribution >= 4 is 36.6 Å². The van der Waals surface area contributed by atoms with E-state index in [4.69, 9.17) is 10.2 Å². The smallest absolute Gasteiger partial charge is 0.327 e. The molecule has 4 N–H and O–H groups in total. The van der Waals surface area contributed by atoms with Crippen LogP contribution in [0.25, 0.3) is 0 Å². The molecule has 148 valence electrons. The summed E-state index contributed by atoms with van der Waals surface area (Å²) in [4.78, 5) is 46.7. The van der Waals surface area contributed by atoms with E-state index in [0.29, 0.717) is 5.56 Å². The maximum absolute atomic E-state index is 13.0. The number of amides is 2. The number of nitrogens with zero attached hydrogens (tertiary/aromatic N) is 1. The molecule has 0 saturated carbocycles. The first-order chi connectivity index (χ1) is 12.6. The lowest BCUT2D eigenvalue weighted by Crippen LogP contribution is -2.53. The van der Waals surface area contributed by atoms with Crippen LogP contribution in [0.15, 0.2) is 24.3 Å². The summed E-state index contributed by atoms with van der Waals surface area (Å²) in [6.45, 7) is -0.241. The zero-order chi connectivity index (χ0) is 20.6. The van der Waals surface area contributed by atoms with Gasteiger partial charge in [0, 0.05) is 18.7 Å². The number of benzene rings is 1. The molecule has 27 heavy (non-hydrogen) atoms. The van der Waals surface area contributed by atoms with E-state index in [9.17, 15) is 28.7 Å². The Morgan fingerprint density at radius 3 is 2.11 bits per heavy atom. The second-order valence-corrected chi connectivity index (χ2v) is 5.93. The van der Waals surface area contributed by atoms with Crippen molar-refractivity contribution in [2.45, 2.75) is 31.5 Å². The lowest BCUT2D eigenvalue weighted by Gasteiger charge is -2.29. The normalized spacial score (nSPS) is 12.7. The molecule has 0 aromatic heterocycles. The number of carbonyl (C=O) groups excluding carboxylic acids is 1. The van der Waals surface area contributed by atoms with Crippen LogP contribution in [-0.4, -0.2) is 62.0 Å². The second-order valence-electron chi connectivity index (χ2n) is 5.56. The van der Waals surface area contributed by atoms with Gasteiger partial charge >= 0.3 is 23.9 Å². The molecule has 2 atom stereocenters. The van der Waals surface area contributed by atoms with Gasteiger partial charge in [0.05, 0.1) is 0 Å². The number of carboxylic acids is 3. The van der Waals surface area contributed by atoms with Crippen molar-refractivity contribution < 1.29 is 38.9 Å². The molecule has 0 fully saturated rings. The van der Waals surface area contributed by atoms with Gasteiger partial charge in [-0.2, -0.15) is 12.6 Å². The van der Waals surface area contributed by atoms with Gasteiger partial charge in [0.2, 0.25) is 0 Å². The average Bonchev–Trinajstić information content (AvgIpc) is 2.59. The number of rotatable bonds is 10. The summed E-state index contributed by atoms with van der Waals surface area (Å²) in [5.74, 6) is -4.82. The summed E-state index contributed by atoms with van der Waals surface area (Å²) >= 11 is 3.91. The molecule has 1 aromatic rings. The van der Waals surface area contributed by atoms with Crippen molar-refractivity contribution in [3.8, 4) is 0 Å². The van der Waals surface area contributed by atoms with Crippen molar-refractivity contribution in [3.63, 3.8) is 0 Å². The molecule has 0 heterocycles. The Morgan fingerprint density at radius 2 is 1.67 bits per heavy atom. The Kier molecular flexibility index (Phi) is 8.52. The fraction of sp³-hybridized carbons (Fsp3) is 0.375. The first kappa shape index (κ1) is 22.2. The van der Waals surface area contributed by atoms with Crippen molar-refractivity contribution in [1.82, 2.24) is 10.2 Å². The monoisotopic (exact) mass is 401 g/mol. The molecule has 0 radical (unpaired) electrons. The number of aliphatic carboxylic acids is 3. The first-order valence-corrected chi connectivity index (χ1v) is 8.38. The topological polar surface area (TPSA) is 144 Å². The first-order valence-electron chi connectivity index (χ1n) is 7.75. The van der Waals surface area contributed by atoms with E-state index in [0.717, 1.165) is 17.0 Å². The van der Waals surface area contributed by atoms with Gasteiger partial charge in [0.15, 0.2) is 0 Å². The highest BCUT2D eigenvalue weighted by molar-refractivity contribution is 7.80. The van der Waals surface area contributed by atoms with E-state index in [2.05, 4.69) is 17.9 Å². The number of carbonyl (C=O) groups is 4. The van der Waals surface area contributed by atoms with Crippen LogP contribution in [0.1, 0.15) is 18.4 Å². The zero-order valence-electron chi connectivity index (χ0n) is 14.0. The van der Waals surface area contributed by atoms with Gasteiger partial charge in [-0.15, -0.1) is 0 Å². The van der Waals surface area contributed by atoms with Crippen molar-refractivity contribution in [3.05, 3.63) is 35.6 Å². The van der Waals surface area contributed by atoms with Gasteiger partial charge < -0.3 is 25.5 Å². The third-order valence-electron chi connectivity index (χ3n) is 3.60. The molecule has 1 aromatic carbocycles. The van der Waals surface area contributed by atoms with Crippen LogP contribution in [-0.2, 0) is 20.9 Å². The molecular weight excluding hydrogens is 382 g/mol. The molecule has 0 aliphatic heterocycles. The minimum atomic E-state index is -1.52. The standard InChI is InChI=1S/C16H19FN2O7S/c17-10-3-1-9(2-4-10)7-19(12(8-27)15(24)25)16(26)18-11(14(22)23)5-6-13(20)21/h1-4,11-12,27H,5-8H2,(H,18,26)(H,20,21)(H,22,23)(H,24,25)/t11-,12-/m0/s1/i17-1. The molecule has 0 aliphatic rings. The minimum Gasteiger partial charge on any atom is -0.481 e. The molecule has 11 heteroatoms. The van der Waals surface area contributed by atoms with Crippen molar-refractivity contribution in [1.29, 1.82) is 0 Å². The Balaban J connectivity index is 3.03. The molecule has 1 rings (SSSR count). The molecule has 0 saturated heterocycles. The van der Waals surface area contributed by atoms with Crippen molar-refractivity contribution in [2.75, 3.05) is 5.75 Å². The SMILES string of the molecule is O=C(O)CC[C@H](NC(=O)N(Cc1ccc([18F])cc1)[C@@H](CS)C(=O)O)C(=O)O. The third-order valence-corrected chi connectivity index (χ3v) is 3.95. The van der Waals surface area contributed by atoms with E-state index < -0.39 is 48.3 Å².